The summed E-state index contributed by atoms with van der Waals surface area (Å²) in [7, 11) is -4.27. The second-order valence-corrected chi connectivity index (χ2v) is 14.2. The molecule has 2 N–H and O–H groups in total. The predicted octanol–water partition coefficient (Wildman–Crippen LogP) is 5.82. The number of ether oxygens (including phenoxy) is 1. The molecule has 3 aromatic carbocycles. The number of carbonyl (C=O) groups is 3. The number of likely N-dealkylation sites (tertiary alicyclic amines) is 1. The molecular weight excluding hydrogens is 655 g/mol. The third kappa shape index (κ3) is 9.51. The van der Waals surface area contributed by atoms with E-state index in [4.69, 9.17) is 32.8 Å². The van der Waals surface area contributed by atoms with Crippen LogP contribution in [0, 0.1) is 0 Å². The van der Waals surface area contributed by atoms with Gasteiger partial charge in [0.25, 0.3) is 15.9 Å². The quantitative estimate of drug-likeness (QED) is 0.256. The van der Waals surface area contributed by atoms with E-state index in [9.17, 15) is 22.8 Å². The summed E-state index contributed by atoms with van der Waals surface area (Å²) in [6.07, 6.45) is 0.898. The Morgan fingerprint density at radius 3 is 2.22 bits per heavy atom. The predicted molar refractivity (Wildman–Crippen MR) is 176 cm³/mol. The second kappa shape index (κ2) is 15.1. The van der Waals surface area contributed by atoms with E-state index < -0.39 is 21.5 Å². The first kappa shape index (κ1) is 34.9. The number of hydrogen-bond acceptors (Lipinski definition) is 7. The minimum Gasteiger partial charge on any atom is -0.444 e. The molecular formula is C32H36Cl2N4O7S. The topological polar surface area (TPSA) is 134 Å². The van der Waals surface area contributed by atoms with Gasteiger partial charge in [0, 0.05) is 42.7 Å². The highest BCUT2D eigenvalue weighted by Crippen LogP contribution is 2.32. The lowest BCUT2D eigenvalue weighted by Crippen LogP contribution is -2.48. The van der Waals surface area contributed by atoms with Crippen LogP contribution in [0.15, 0.2) is 77.7 Å². The zero-order valence-electron chi connectivity index (χ0n) is 25.7. The average Bonchev–Trinajstić information content (AvgIpc) is 3.00. The molecule has 3 aromatic rings. The summed E-state index contributed by atoms with van der Waals surface area (Å²) in [5.74, 6) is -0.615. The molecule has 0 aliphatic carbocycles. The van der Waals surface area contributed by atoms with Gasteiger partial charge in [-0.15, -0.1) is 0 Å². The number of nitrogens with one attached hydrogen (secondary N) is 2. The first-order chi connectivity index (χ1) is 21.7. The summed E-state index contributed by atoms with van der Waals surface area (Å²) in [5.41, 5.74) is -0.137. The third-order valence-electron chi connectivity index (χ3n) is 6.82. The number of amides is 3. The summed E-state index contributed by atoms with van der Waals surface area (Å²) >= 11 is 12.2. The van der Waals surface area contributed by atoms with Crippen LogP contribution in [0.1, 0.15) is 50.4 Å². The van der Waals surface area contributed by atoms with Gasteiger partial charge in [-0.25, -0.2) is 4.79 Å². The molecule has 0 radical (unpaired) electrons. The van der Waals surface area contributed by atoms with E-state index in [-0.39, 0.29) is 57.9 Å². The van der Waals surface area contributed by atoms with E-state index in [0.717, 1.165) is 4.47 Å². The molecule has 246 valence electrons. The molecule has 1 aliphatic rings. The lowest BCUT2D eigenvalue weighted by Gasteiger charge is -2.33. The summed E-state index contributed by atoms with van der Waals surface area (Å²) in [6.45, 7) is 6.48. The maximum absolute atomic E-state index is 13.7. The van der Waals surface area contributed by atoms with Crippen molar-refractivity contribution in [3.05, 3.63) is 88.4 Å². The van der Waals surface area contributed by atoms with E-state index >= 15 is 0 Å². The monoisotopic (exact) mass is 690 g/mol. The summed E-state index contributed by atoms with van der Waals surface area (Å²) in [6, 6.07) is 17.9. The minimum atomic E-state index is -4.27. The number of rotatable bonds is 10. The van der Waals surface area contributed by atoms with Gasteiger partial charge in [-0.2, -0.15) is 8.42 Å². The van der Waals surface area contributed by atoms with Crippen molar-refractivity contribution in [3.8, 4) is 5.75 Å². The van der Waals surface area contributed by atoms with Crippen LogP contribution in [0.4, 0.5) is 10.5 Å². The maximum atomic E-state index is 13.7. The number of anilines is 1. The number of para-hydroxylation sites is 1. The van der Waals surface area contributed by atoms with Gasteiger partial charge in [0.1, 0.15) is 5.60 Å². The smallest absolute Gasteiger partial charge is 0.410 e. The fraction of sp³-hybridized carbons (Fsp3) is 0.344. The molecule has 0 bridgehead atoms. The van der Waals surface area contributed by atoms with E-state index in [1.54, 1.807) is 35.2 Å². The summed E-state index contributed by atoms with van der Waals surface area (Å²) in [4.78, 5) is 44.7. The lowest BCUT2D eigenvalue weighted by molar-refractivity contribution is -0.121. The summed E-state index contributed by atoms with van der Waals surface area (Å²) in [5, 5.41) is 6.10. The van der Waals surface area contributed by atoms with Crippen molar-refractivity contribution in [2.45, 2.75) is 56.6 Å². The molecule has 1 fully saturated rings. The number of sulfonamides is 1. The molecule has 0 saturated carbocycles. The Morgan fingerprint density at radius 2 is 1.61 bits per heavy atom. The highest BCUT2D eigenvalue weighted by Gasteiger charge is 2.29. The summed E-state index contributed by atoms with van der Waals surface area (Å²) < 4.78 is 33.5. The molecule has 1 saturated heterocycles. The SMILES string of the molecule is CC(C)(C)OC(=O)N1CCC(NC(=O)CCNC(=O)c2ccc(S(=O)(=O)N(Oc3ccc(Cl)cc3Cl)c3ccccc3)cc2)CC1. The van der Waals surface area contributed by atoms with Crippen LogP contribution in [0.5, 0.6) is 5.75 Å². The fourth-order valence-electron chi connectivity index (χ4n) is 4.53. The van der Waals surface area contributed by atoms with Crippen molar-refractivity contribution >= 4 is 56.8 Å². The number of halogens is 2. The molecule has 0 unspecified atom stereocenters. The lowest BCUT2D eigenvalue weighted by atomic mass is 10.1. The Hall–Kier alpha value is -4.00. The number of piperidine rings is 1. The molecule has 1 aliphatic heterocycles. The van der Waals surface area contributed by atoms with Crippen LogP contribution >= 0.6 is 23.2 Å². The highest BCUT2D eigenvalue weighted by atomic mass is 35.5. The van der Waals surface area contributed by atoms with E-state index in [1.807, 2.05) is 20.8 Å². The Kier molecular flexibility index (Phi) is 11.4. The average molecular weight is 692 g/mol. The van der Waals surface area contributed by atoms with Crippen LogP contribution in [0.2, 0.25) is 10.0 Å². The van der Waals surface area contributed by atoms with Crippen molar-refractivity contribution < 1.29 is 32.4 Å². The van der Waals surface area contributed by atoms with Crippen LogP contribution in [0.25, 0.3) is 0 Å². The molecule has 0 atom stereocenters. The van der Waals surface area contributed by atoms with Crippen LogP contribution in [-0.2, 0) is 19.6 Å². The zero-order chi connectivity index (χ0) is 33.5. The van der Waals surface area contributed by atoms with Crippen molar-refractivity contribution in [2.24, 2.45) is 0 Å². The Bertz CT molecular complexity index is 1640. The van der Waals surface area contributed by atoms with Crippen LogP contribution in [0.3, 0.4) is 0 Å². The van der Waals surface area contributed by atoms with Gasteiger partial charge in [-0.1, -0.05) is 45.9 Å². The largest absolute Gasteiger partial charge is 0.444 e. The fourth-order valence-corrected chi connectivity index (χ4v) is 6.22. The van der Waals surface area contributed by atoms with Crippen LogP contribution in [-0.4, -0.2) is 62.5 Å². The van der Waals surface area contributed by atoms with Crippen molar-refractivity contribution in [2.75, 3.05) is 24.1 Å². The Balaban J connectivity index is 1.31. The van der Waals surface area contributed by atoms with Crippen molar-refractivity contribution in [1.29, 1.82) is 0 Å². The second-order valence-electron chi connectivity index (χ2n) is 11.6. The molecule has 14 heteroatoms. The van der Waals surface area contributed by atoms with Crippen molar-refractivity contribution in [3.63, 3.8) is 0 Å². The molecule has 11 nitrogen and oxygen atoms in total. The standard InChI is InChI=1S/C32H36Cl2N4O7S/c1-32(2,3)44-31(41)37-19-16-24(17-20-37)36-29(39)15-18-35-30(40)22-9-12-26(13-10-22)46(42,43)38(25-7-5-4-6-8-25)45-28-14-11-23(33)21-27(28)34/h4-14,21,24H,15-20H2,1-3H3,(H,35,40)(H,36,39). The third-order valence-corrected chi connectivity index (χ3v) is 8.94. The highest BCUT2D eigenvalue weighted by molar-refractivity contribution is 7.92. The Morgan fingerprint density at radius 1 is 0.957 bits per heavy atom. The Labute approximate surface area is 278 Å². The van der Waals surface area contributed by atoms with E-state index in [1.165, 1.54) is 42.5 Å². The normalized spacial score (nSPS) is 13.9. The molecule has 0 aromatic heterocycles. The molecule has 0 spiro atoms. The van der Waals surface area contributed by atoms with Gasteiger partial charge >= 0.3 is 6.09 Å². The number of nitrogens with zero attached hydrogens (tertiary/aromatic N) is 2. The number of benzene rings is 3. The van der Waals surface area contributed by atoms with E-state index in [0.29, 0.717) is 31.0 Å². The van der Waals surface area contributed by atoms with Crippen molar-refractivity contribution in [1.82, 2.24) is 15.5 Å². The van der Waals surface area contributed by atoms with Gasteiger partial charge in [0.05, 0.1) is 15.6 Å². The first-order valence-corrected chi connectivity index (χ1v) is 16.8. The van der Waals surface area contributed by atoms with E-state index in [2.05, 4.69) is 10.6 Å². The molecule has 3 amide bonds. The molecule has 1 heterocycles. The van der Waals surface area contributed by atoms with Gasteiger partial charge in [-0.05, 0) is 88.2 Å². The maximum Gasteiger partial charge on any atom is 0.410 e. The van der Waals surface area contributed by atoms with Gasteiger partial charge in [0.15, 0.2) is 5.75 Å². The van der Waals surface area contributed by atoms with Crippen LogP contribution < -0.4 is 19.9 Å². The van der Waals surface area contributed by atoms with Gasteiger partial charge in [-0.3, -0.25) is 9.59 Å². The first-order valence-electron chi connectivity index (χ1n) is 14.6. The van der Waals surface area contributed by atoms with Gasteiger partial charge in [0.2, 0.25) is 5.91 Å². The minimum absolute atomic E-state index is 0.0567. The van der Waals surface area contributed by atoms with Gasteiger partial charge < -0.3 is 25.1 Å². The zero-order valence-corrected chi connectivity index (χ0v) is 28.0. The molecule has 46 heavy (non-hydrogen) atoms. The number of carbonyl (C=O) groups excluding carboxylic acids is 3. The number of hydrogen-bond donors (Lipinski definition) is 2. The molecule has 4 rings (SSSR count).